The van der Waals surface area contributed by atoms with Crippen LogP contribution in [0, 0.1) is 0 Å². The van der Waals surface area contributed by atoms with Gasteiger partial charge < -0.3 is 10.4 Å². The Morgan fingerprint density at radius 3 is 2.35 bits per heavy atom. The van der Waals surface area contributed by atoms with Gasteiger partial charge in [0.1, 0.15) is 0 Å². The first kappa shape index (κ1) is 17.5. The van der Waals surface area contributed by atoms with E-state index in [1.807, 2.05) is 26.1 Å². The Morgan fingerprint density at radius 1 is 1.30 bits per heavy atom. The maximum absolute atomic E-state index is 11.3. The zero-order valence-corrected chi connectivity index (χ0v) is 13.9. The lowest BCUT2D eigenvalue weighted by molar-refractivity contribution is 0.173. The predicted molar refractivity (Wildman–Crippen MR) is 84.1 cm³/mol. The van der Waals surface area contributed by atoms with E-state index in [4.69, 9.17) is 0 Å². The number of aliphatic hydroxyl groups is 1. The summed E-state index contributed by atoms with van der Waals surface area (Å²) in [6.07, 6.45) is 3.09. The topological polar surface area (TPSA) is 66.4 Å². The van der Waals surface area contributed by atoms with Crippen LogP contribution in [0.3, 0.4) is 0 Å². The highest BCUT2D eigenvalue weighted by Gasteiger charge is 2.19. The molecule has 114 valence electrons. The van der Waals surface area contributed by atoms with Crippen molar-refractivity contribution in [1.82, 2.24) is 5.32 Å². The number of rotatable bonds is 8. The van der Waals surface area contributed by atoms with Crippen LogP contribution in [0.15, 0.2) is 34.1 Å². The van der Waals surface area contributed by atoms with E-state index in [1.165, 1.54) is 6.26 Å². The fourth-order valence-electron chi connectivity index (χ4n) is 1.72. The summed E-state index contributed by atoms with van der Waals surface area (Å²) in [7, 11) is -1.26. The summed E-state index contributed by atoms with van der Waals surface area (Å²) in [5, 5.41) is 12.4. The van der Waals surface area contributed by atoms with Crippen LogP contribution in [-0.4, -0.2) is 44.7 Å². The van der Waals surface area contributed by atoms with E-state index in [0.717, 1.165) is 23.5 Å². The van der Waals surface area contributed by atoms with Gasteiger partial charge in [-0.15, -0.1) is 11.8 Å². The summed E-state index contributed by atoms with van der Waals surface area (Å²) in [5.74, 6) is 0.940. The summed E-state index contributed by atoms with van der Waals surface area (Å²) in [5.41, 5.74) is -0.222. The molecule has 0 bridgehead atoms. The summed E-state index contributed by atoms with van der Waals surface area (Å²) >= 11 is 1.70. The lowest BCUT2D eigenvalue weighted by atomic mass is 9.98. The first-order chi connectivity index (χ1) is 9.30. The molecule has 1 unspecified atom stereocenters. The third-order valence-electron chi connectivity index (χ3n) is 3.35. The molecule has 1 atom stereocenters. The molecule has 0 aromatic heterocycles. The smallest absolute Gasteiger partial charge is 0.175 e. The summed E-state index contributed by atoms with van der Waals surface area (Å²) in [6.45, 7) is 2.12. The molecule has 0 saturated heterocycles. The molecular weight excluding hydrogens is 294 g/mol. The quantitative estimate of drug-likeness (QED) is 0.566. The molecule has 20 heavy (non-hydrogen) atoms. The number of hydrogen-bond acceptors (Lipinski definition) is 5. The summed E-state index contributed by atoms with van der Waals surface area (Å²) in [4.78, 5) is 1.41. The number of sulfone groups is 1. The third-order valence-corrected chi connectivity index (χ3v) is 5.57. The van der Waals surface area contributed by atoms with Crippen molar-refractivity contribution >= 4 is 21.6 Å². The van der Waals surface area contributed by atoms with E-state index in [-0.39, 0.29) is 12.1 Å². The Bertz CT molecular complexity index is 508. The number of thioether (sulfide) groups is 1. The van der Waals surface area contributed by atoms with Crippen molar-refractivity contribution in [2.45, 2.75) is 35.1 Å². The van der Waals surface area contributed by atoms with E-state index < -0.39 is 9.84 Å². The fraction of sp³-hybridized carbons (Fsp3) is 0.571. The second-order valence-electron chi connectivity index (χ2n) is 5.16. The Labute approximate surface area is 125 Å². The van der Waals surface area contributed by atoms with Gasteiger partial charge >= 0.3 is 0 Å². The first-order valence-electron chi connectivity index (χ1n) is 6.53. The highest BCUT2D eigenvalue weighted by Crippen LogP contribution is 2.22. The van der Waals surface area contributed by atoms with Gasteiger partial charge in [0.15, 0.2) is 9.84 Å². The van der Waals surface area contributed by atoms with Gasteiger partial charge in [-0.1, -0.05) is 0 Å². The third kappa shape index (κ3) is 5.44. The average molecular weight is 317 g/mol. The molecule has 2 N–H and O–H groups in total. The Hall–Kier alpha value is -0.560. The molecule has 1 aromatic rings. The van der Waals surface area contributed by atoms with Crippen LogP contribution in [0.25, 0.3) is 0 Å². The largest absolute Gasteiger partial charge is 0.394 e. The van der Waals surface area contributed by atoms with E-state index in [0.29, 0.717) is 4.90 Å². The molecular formula is C14H23NO3S2. The SMILES string of the molecule is CNC(C)(CO)CCCSc1ccc(S(C)(=O)=O)cc1. The predicted octanol–water partition coefficient (Wildman–Crippen LogP) is 1.93. The van der Waals surface area contributed by atoms with Crippen LogP contribution in [0.5, 0.6) is 0 Å². The Morgan fingerprint density at radius 2 is 1.90 bits per heavy atom. The molecule has 0 spiro atoms. The van der Waals surface area contributed by atoms with Crippen molar-refractivity contribution in [3.63, 3.8) is 0 Å². The van der Waals surface area contributed by atoms with Gasteiger partial charge in [0.05, 0.1) is 11.5 Å². The minimum Gasteiger partial charge on any atom is -0.394 e. The molecule has 0 radical (unpaired) electrons. The van der Waals surface area contributed by atoms with Crippen LogP contribution in [0.2, 0.25) is 0 Å². The minimum atomic E-state index is -3.12. The van der Waals surface area contributed by atoms with Gasteiger partial charge in [0, 0.05) is 16.7 Å². The number of hydrogen-bond donors (Lipinski definition) is 2. The number of nitrogens with one attached hydrogen (secondary N) is 1. The van der Waals surface area contributed by atoms with Crippen molar-refractivity contribution in [3.8, 4) is 0 Å². The van der Waals surface area contributed by atoms with Crippen LogP contribution in [0.1, 0.15) is 19.8 Å². The molecule has 0 saturated carbocycles. The number of benzene rings is 1. The van der Waals surface area contributed by atoms with Crippen LogP contribution in [-0.2, 0) is 9.84 Å². The zero-order valence-electron chi connectivity index (χ0n) is 12.2. The van der Waals surface area contributed by atoms with Gasteiger partial charge in [-0.2, -0.15) is 0 Å². The molecule has 4 nitrogen and oxygen atoms in total. The van der Waals surface area contributed by atoms with E-state index in [9.17, 15) is 13.5 Å². The zero-order chi connectivity index (χ0) is 15.2. The summed E-state index contributed by atoms with van der Waals surface area (Å²) < 4.78 is 22.7. The van der Waals surface area contributed by atoms with Crippen molar-refractivity contribution in [3.05, 3.63) is 24.3 Å². The monoisotopic (exact) mass is 317 g/mol. The molecule has 0 amide bonds. The first-order valence-corrected chi connectivity index (χ1v) is 9.41. The molecule has 0 aliphatic rings. The highest BCUT2D eigenvalue weighted by molar-refractivity contribution is 7.99. The lowest BCUT2D eigenvalue weighted by Crippen LogP contribution is -2.43. The molecule has 1 aromatic carbocycles. The standard InChI is InChI=1S/C14H23NO3S2/c1-14(11-16,15-2)9-4-10-19-12-5-7-13(8-6-12)20(3,17)18/h5-8,15-16H,4,9-11H2,1-3H3. The molecule has 0 heterocycles. The van der Waals surface area contributed by atoms with Gasteiger partial charge in [-0.05, 0) is 56.8 Å². The minimum absolute atomic E-state index is 0.122. The second kappa shape index (κ2) is 7.45. The molecule has 0 aliphatic carbocycles. The molecule has 6 heteroatoms. The van der Waals surface area contributed by atoms with E-state index in [1.54, 1.807) is 23.9 Å². The number of likely N-dealkylation sites (N-methyl/N-ethyl adjacent to an activating group) is 1. The van der Waals surface area contributed by atoms with Crippen LogP contribution in [0.4, 0.5) is 0 Å². The highest BCUT2D eigenvalue weighted by atomic mass is 32.2. The molecule has 1 rings (SSSR count). The van der Waals surface area contributed by atoms with E-state index >= 15 is 0 Å². The maximum atomic E-state index is 11.3. The average Bonchev–Trinajstić information content (AvgIpc) is 2.43. The lowest BCUT2D eigenvalue weighted by Gasteiger charge is -2.26. The van der Waals surface area contributed by atoms with Gasteiger partial charge in [-0.25, -0.2) is 8.42 Å². The van der Waals surface area contributed by atoms with Crippen LogP contribution >= 0.6 is 11.8 Å². The normalized spacial score (nSPS) is 15.0. The van der Waals surface area contributed by atoms with Gasteiger partial charge in [0.25, 0.3) is 0 Å². The van der Waals surface area contributed by atoms with Crippen molar-refractivity contribution in [1.29, 1.82) is 0 Å². The second-order valence-corrected chi connectivity index (χ2v) is 8.35. The molecule has 0 aliphatic heterocycles. The van der Waals surface area contributed by atoms with Crippen molar-refractivity contribution < 1.29 is 13.5 Å². The van der Waals surface area contributed by atoms with Gasteiger partial charge in [0.2, 0.25) is 0 Å². The maximum Gasteiger partial charge on any atom is 0.175 e. The van der Waals surface area contributed by atoms with E-state index in [2.05, 4.69) is 5.32 Å². The van der Waals surface area contributed by atoms with Crippen LogP contribution < -0.4 is 5.32 Å². The van der Waals surface area contributed by atoms with Crippen molar-refractivity contribution in [2.24, 2.45) is 0 Å². The van der Waals surface area contributed by atoms with Crippen molar-refractivity contribution in [2.75, 3.05) is 25.7 Å². The Kier molecular flexibility index (Phi) is 6.51. The van der Waals surface area contributed by atoms with Gasteiger partial charge in [-0.3, -0.25) is 0 Å². The molecule has 0 fully saturated rings. The summed E-state index contributed by atoms with van der Waals surface area (Å²) in [6, 6.07) is 6.96. The number of aliphatic hydroxyl groups excluding tert-OH is 1. The fourth-order valence-corrected chi connectivity index (χ4v) is 3.20. The Balaban J connectivity index is 2.44.